The van der Waals surface area contributed by atoms with Gasteiger partial charge in [0, 0.05) is 0 Å². The molecule has 0 aromatic heterocycles. The van der Waals surface area contributed by atoms with Crippen molar-refractivity contribution in [3.63, 3.8) is 0 Å². The molecule has 2 aromatic rings. The first-order chi connectivity index (χ1) is 27.7. The predicted molar refractivity (Wildman–Crippen MR) is 251 cm³/mol. The minimum absolute atomic E-state index is 0.346. The van der Waals surface area contributed by atoms with Gasteiger partial charge in [0.15, 0.2) is 0 Å². The van der Waals surface area contributed by atoms with Crippen molar-refractivity contribution >= 4 is 39.5 Å². The molecule has 0 saturated heterocycles. The van der Waals surface area contributed by atoms with Crippen LogP contribution < -0.4 is 0 Å². The maximum atomic E-state index is 4.85. The van der Waals surface area contributed by atoms with Crippen molar-refractivity contribution in [1.29, 1.82) is 0 Å². The Morgan fingerprint density at radius 2 is 0.679 bits per heavy atom. The molecule has 7 aliphatic rings. The molecule has 5 heteroatoms. The molecular formula is C51H78Cl2P2Ru. The zero-order valence-electron chi connectivity index (χ0n) is 35.1. The van der Waals surface area contributed by atoms with E-state index in [4.69, 9.17) is 19.4 Å². The Hall–Kier alpha value is 0.243. The second-order valence-electron chi connectivity index (χ2n) is 20.2. The van der Waals surface area contributed by atoms with E-state index in [2.05, 4.69) is 60.7 Å². The van der Waals surface area contributed by atoms with E-state index in [0.717, 1.165) is 34.0 Å². The van der Waals surface area contributed by atoms with Gasteiger partial charge in [-0.3, -0.25) is 0 Å². The summed E-state index contributed by atoms with van der Waals surface area (Å²) in [7, 11) is 5.43. The Labute approximate surface area is 361 Å². The van der Waals surface area contributed by atoms with E-state index in [1.54, 1.807) is 93.7 Å². The standard InChI is InChI=1S/C51H78P2.2ClH.Ru/c1-8-24-41(25-9-1)49-40-51(50-39-23-22-38-48(49)50,52(42-26-10-2-11-27-42,43-28-12-3-13-29-43)44-30-14-4-15-31-44)53(45-32-16-5-17-33-45,46-34-18-6-19-35-46)47-36-20-7-21-37-47;;;/h1,8-9,22-25,38-40,42-47,52-53H,2-7,10-21,26-37H2;2*1H;/q;;;+2/p-2. The molecule has 7 aliphatic carbocycles. The van der Waals surface area contributed by atoms with Crippen molar-refractivity contribution in [2.24, 2.45) is 0 Å². The molecule has 314 valence electrons. The first-order valence-electron chi connectivity index (χ1n) is 24.5. The summed E-state index contributed by atoms with van der Waals surface area (Å²) in [6.45, 7) is 0. The van der Waals surface area contributed by atoms with E-state index in [1.807, 2.05) is 5.56 Å². The molecule has 0 amide bonds. The monoisotopic (exact) mass is 924 g/mol. The van der Waals surface area contributed by atoms with Gasteiger partial charge < -0.3 is 0 Å². The quantitative estimate of drug-likeness (QED) is 0.174. The Bertz CT molecular complexity index is 1370. The van der Waals surface area contributed by atoms with Gasteiger partial charge in [-0.1, -0.05) is 0 Å². The summed E-state index contributed by atoms with van der Waals surface area (Å²) in [5.74, 6) is 0. The molecule has 0 spiro atoms. The van der Waals surface area contributed by atoms with Crippen LogP contribution in [0, 0.1) is 0 Å². The third-order valence-electron chi connectivity index (χ3n) is 18.1. The first kappa shape index (κ1) is 42.9. The number of hydrogen-bond acceptors (Lipinski definition) is 0. The van der Waals surface area contributed by atoms with Gasteiger partial charge in [-0.15, -0.1) is 0 Å². The molecule has 6 saturated carbocycles. The average Bonchev–Trinajstić information content (AvgIpc) is 3.63. The van der Waals surface area contributed by atoms with Crippen LogP contribution in [0.2, 0.25) is 0 Å². The Kier molecular flexibility index (Phi) is 15.6. The van der Waals surface area contributed by atoms with Gasteiger partial charge >= 0.3 is 363 Å². The van der Waals surface area contributed by atoms with Crippen LogP contribution in [0.25, 0.3) is 5.57 Å². The van der Waals surface area contributed by atoms with Gasteiger partial charge in [-0.25, -0.2) is 0 Å². The van der Waals surface area contributed by atoms with Crippen LogP contribution in [0.5, 0.6) is 0 Å². The van der Waals surface area contributed by atoms with Crippen molar-refractivity contribution in [3.05, 3.63) is 77.4 Å². The van der Waals surface area contributed by atoms with Crippen molar-refractivity contribution in [3.8, 4) is 0 Å². The zero-order chi connectivity index (χ0) is 38.3. The number of rotatable bonds is 9. The normalized spacial score (nSPS) is 27.9. The third kappa shape index (κ3) is 7.82. The van der Waals surface area contributed by atoms with Gasteiger partial charge in [0.05, 0.1) is 0 Å². The third-order valence-corrected chi connectivity index (χ3v) is 35.9. The van der Waals surface area contributed by atoms with Crippen LogP contribution in [-0.4, -0.2) is 34.0 Å². The second kappa shape index (κ2) is 20.4. The zero-order valence-corrected chi connectivity index (χ0v) is 40.3. The molecule has 0 unspecified atom stereocenters. The van der Waals surface area contributed by atoms with E-state index >= 15 is 0 Å². The molecule has 0 N–H and O–H groups in total. The Morgan fingerprint density at radius 3 is 1.00 bits per heavy atom. The molecular weight excluding hydrogens is 846 g/mol. The Morgan fingerprint density at radius 1 is 0.393 bits per heavy atom. The van der Waals surface area contributed by atoms with Crippen molar-refractivity contribution in [2.75, 3.05) is 0 Å². The van der Waals surface area contributed by atoms with E-state index in [9.17, 15) is 0 Å². The number of halogens is 2. The van der Waals surface area contributed by atoms with E-state index in [1.165, 1.54) is 116 Å². The summed E-state index contributed by atoms with van der Waals surface area (Å²) >= 11 is -0.346. The Balaban J connectivity index is 0.00000143. The van der Waals surface area contributed by atoms with Gasteiger partial charge in [-0.2, -0.15) is 0 Å². The van der Waals surface area contributed by atoms with Gasteiger partial charge in [0.1, 0.15) is 0 Å². The number of hydrogen-bond donors (Lipinski definition) is 0. The summed E-state index contributed by atoms with van der Waals surface area (Å²) < 4.78 is 0. The van der Waals surface area contributed by atoms with Crippen molar-refractivity contribution < 1.29 is 15.1 Å². The minimum atomic E-state index is -2.14. The first-order valence-corrected chi connectivity index (χ1v) is 33.4. The molecule has 0 heterocycles. The maximum absolute atomic E-state index is 4.85. The molecule has 2 aromatic carbocycles. The number of fused-ring (bicyclic) bond motifs is 1. The predicted octanol–water partition coefficient (Wildman–Crippen LogP) is 17.2. The fourth-order valence-electron chi connectivity index (χ4n) is 16.8. The SMILES string of the molecule is C1=C(c2ccccc2)c2ccccc2C1([PH](C1CCCCC1)(C1CCCCC1)C1CCCCC1)[PH](C1CCCCC1)(C1CCCCC1)C1CCCCC1.[Cl][Ru][Cl]. The number of benzene rings is 2. The topological polar surface area (TPSA) is 0 Å². The summed E-state index contributed by atoms with van der Waals surface area (Å²) in [5, 5.41) is 0. The summed E-state index contributed by atoms with van der Waals surface area (Å²) in [6.07, 6.45) is 50.1. The average molecular weight is 925 g/mol. The molecule has 0 radical (unpaired) electrons. The van der Waals surface area contributed by atoms with Crippen LogP contribution >= 0.6 is 33.9 Å². The van der Waals surface area contributed by atoms with Crippen LogP contribution in [0.1, 0.15) is 209 Å². The summed E-state index contributed by atoms with van der Waals surface area (Å²) in [5.41, 5.74) is 13.3. The molecule has 0 atom stereocenters. The molecule has 56 heavy (non-hydrogen) atoms. The summed E-state index contributed by atoms with van der Waals surface area (Å²) in [4.78, 5) is 0.389. The van der Waals surface area contributed by atoms with E-state index in [-0.39, 0.29) is 15.1 Å². The molecule has 0 bridgehead atoms. The van der Waals surface area contributed by atoms with Crippen LogP contribution in [-0.2, 0) is 20.0 Å². The molecule has 0 aliphatic heterocycles. The second-order valence-corrected chi connectivity index (χ2v) is 33.6. The molecule has 6 fully saturated rings. The van der Waals surface area contributed by atoms with Gasteiger partial charge in [-0.05, 0) is 0 Å². The van der Waals surface area contributed by atoms with Crippen molar-refractivity contribution in [2.45, 2.75) is 231 Å². The van der Waals surface area contributed by atoms with E-state index in [0.29, 0.717) is 4.90 Å². The molecule has 0 nitrogen and oxygen atoms in total. The van der Waals surface area contributed by atoms with Crippen LogP contribution in [0.4, 0.5) is 0 Å². The number of allylic oxidation sites excluding steroid dienone is 1. The van der Waals surface area contributed by atoms with Gasteiger partial charge in [0.2, 0.25) is 0 Å². The van der Waals surface area contributed by atoms with E-state index < -0.39 is 14.5 Å². The summed E-state index contributed by atoms with van der Waals surface area (Å²) in [6, 6.07) is 22.8. The fraction of sp³-hybridized carbons (Fsp3) is 0.725. The van der Waals surface area contributed by atoms with Crippen LogP contribution in [0.3, 0.4) is 0 Å². The van der Waals surface area contributed by atoms with Gasteiger partial charge in [0.25, 0.3) is 0 Å². The molecule has 9 rings (SSSR count). The van der Waals surface area contributed by atoms with Crippen molar-refractivity contribution in [1.82, 2.24) is 0 Å². The fourth-order valence-corrected chi connectivity index (χ4v) is 41.7. The van der Waals surface area contributed by atoms with Crippen LogP contribution in [0.15, 0.2) is 60.7 Å².